The molecule has 1 heterocycles. The number of rotatable bonds is 8. The maximum atomic E-state index is 12.7. The molecule has 0 aromatic heterocycles. The number of nitrogens with one attached hydrogen (secondary N) is 2. The van der Waals surface area contributed by atoms with Gasteiger partial charge in [0.1, 0.15) is 24.4 Å². The van der Waals surface area contributed by atoms with Crippen molar-refractivity contribution in [3.05, 3.63) is 0 Å². The third-order valence-electron chi connectivity index (χ3n) is 4.29. The number of methoxy groups -OCH3 is 1. The van der Waals surface area contributed by atoms with Gasteiger partial charge in [-0.3, -0.25) is 9.59 Å². The zero-order valence-electron chi connectivity index (χ0n) is 15.9. The highest BCUT2D eigenvalue weighted by Crippen LogP contribution is 2.35. The number of aliphatic hydroxyl groups excluding tert-OH is 3. The van der Waals surface area contributed by atoms with Crippen molar-refractivity contribution in [2.24, 2.45) is 5.41 Å². The van der Waals surface area contributed by atoms with E-state index in [-0.39, 0.29) is 11.8 Å². The Morgan fingerprint density at radius 1 is 1.27 bits per heavy atom. The van der Waals surface area contributed by atoms with Crippen LogP contribution in [0.5, 0.6) is 0 Å². The van der Waals surface area contributed by atoms with Crippen LogP contribution in [0.1, 0.15) is 27.2 Å². The van der Waals surface area contributed by atoms with Gasteiger partial charge in [-0.2, -0.15) is 0 Å². The average molecular weight is 394 g/mol. The average Bonchev–Trinajstić information content (AvgIpc) is 2.58. The standard InChI is InChI=1S/C16H31N2O7P/c1-6-10(20)18-26(5)8-16(2,3)15(23)17-11-13(22)12(21)9(7-19)25-14(11)24-4/h9,11-14,19,21-22H,6-8H2,1-5H3,(H,17,23)(H,18,20)/t9-,11-,12-,13?,14?,26?/m1/s1. The van der Waals surface area contributed by atoms with Gasteiger partial charge < -0.3 is 35.2 Å². The van der Waals surface area contributed by atoms with Crippen LogP contribution in [0.2, 0.25) is 0 Å². The summed E-state index contributed by atoms with van der Waals surface area (Å²) in [7, 11) is 0.465. The van der Waals surface area contributed by atoms with Gasteiger partial charge in [0.15, 0.2) is 6.29 Å². The minimum absolute atomic E-state index is 0.0662. The van der Waals surface area contributed by atoms with Crippen molar-refractivity contribution in [1.29, 1.82) is 0 Å². The van der Waals surface area contributed by atoms with Crippen LogP contribution in [0, 0.1) is 5.41 Å². The first kappa shape index (κ1) is 23.2. The van der Waals surface area contributed by atoms with Crippen molar-refractivity contribution in [2.45, 2.75) is 57.8 Å². The molecule has 3 unspecified atom stereocenters. The number of ether oxygens (including phenoxy) is 2. The molecule has 1 fully saturated rings. The van der Waals surface area contributed by atoms with Crippen LogP contribution < -0.4 is 10.4 Å². The van der Waals surface area contributed by atoms with Crippen molar-refractivity contribution in [3.8, 4) is 0 Å². The van der Waals surface area contributed by atoms with Crippen molar-refractivity contribution in [2.75, 3.05) is 26.5 Å². The van der Waals surface area contributed by atoms with E-state index in [2.05, 4.69) is 10.4 Å². The van der Waals surface area contributed by atoms with Crippen LogP contribution in [0.3, 0.4) is 0 Å². The smallest absolute Gasteiger partial charge is 0.226 e. The lowest BCUT2D eigenvalue weighted by atomic mass is 9.92. The predicted octanol–water partition coefficient (Wildman–Crippen LogP) is -0.864. The summed E-state index contributed by atoms with van der Waals surface area (Å²) in [6, 6.07) is -0.988. The fraction of sp³-hybridized carbons (Fsp3) is 0.875. The Morgan fingerprint density at radius 3 is 2.38 bits per heavy atom. The molecule has 0 bridgehead atoms. The van der Waals surface area contributed by atoms with Crippen LogP contribution in [0.25, 0.3) is 0 Å². The van der Waals surface area contributed by atoms with E-state index in [0.29, 0.717) is 12.6 Å². The van der Waals surface area contributed by atoms with Crippen molar-refractivity contribution >= 4 is 19.9 Å². The molecule has 0 aliphatic carbocycles. The molecule has 5 N–H and O–H groups in total. The third kappa shape index (κ3) is 5.84. The Bertz CT molecular complexity index is 489. The molecule has 0 saturated carbocycles. The molecule has 0 spiro atoms. The summed E-state index contributed by atoms with van der Waals surface area (Å²) < 4.78 is 10.5. The maximum absolute atomic E-state index is 12.7. The normalized spacial score (nSPS) is 30.5. The first-order chi connectivity index (χ1) is 12.1. The van der Waals surface area contributed by atoms with Gasteiger partial charge in [-0.25, -0.2) is 0 Å². The topological polar surface area (TPSA) is 137 Å². The Hall–Kier alpha value is -0.830. The number of carbonyl (C=O) groups excluding carboxylic acids is 2. The Kier molecular flexibility index (Phi) is 8.85. The summed E-state index contributed by atoms with van der Waals surface area (Å²) in [4.78, 5) is 24.2. The number of hydrogen-bond acceptors (Lipinski definition) is 7. The molecular weight excluding hydrogens is 363 g/mol. The van der Waals surface area contributed by atoms with E-state index in [1.54, 1.807) is 20.8 Å². The lowest BCUT2D eigenvalue weighted by molar-refractivity contribution is -0.263. The van der Waals surface area contributed by atoms with Crippen LogP contribution >= 0.6 is 8.07 Å². The largest absolute Gasteiger partial charge is 0.394 e. The SMILES string of the molecule is CCC(=O)NP(C)CC(C)(C)C(=O)N[C@H]1C(OC)O[C@H](CO)[C@@H](O)C1O. The molecule has 1 rings (SSSR count). The van der Waals surface area contributed by atoms with Crippen LogP contribution in [0.4, 0.5) is 0 Å². The first-order valence-corrected chi connectivity index (χ1v) is 10.5. The molecule has 1 aliphatic rings. The number of amides is 2. The van der Waals surface area contributed by atoms with Crippen LogP contribution in [0.15, 0.2) is 0 Å². The van der Waals surface area contributed by atoms with Crippen LogP contribution in [-0.2, 0) is 19.1 Å². The zero-order valence-corrected chi connectivity index (χ0v) is 16.8. The number of aliphatic hydroxyl groups is 3. The molecule has 26 heavy (non-hydrogen) atoms. The Labute approximate surface area is 155 Å². The summed E-state index contributed by atoms with van der Waals surface area (Å²) in [5.74, 6) is -0.425. The van der Waals surface area contributed by atoms with Crippen molar-refractivity contribution < 1.29 is 34.4 Å². The number of carbonyl (C=O) groups is 2. The van der Waals surface area contributed by atoms with E-state index in [9.17, 15) is 24.9 Å². The Balaban J connectivity index is 2.78. The lowest BCUT2D eigenvalue weighted by Gasteiger charge is -2.42. The molecule has 9 nitrogen and oxygen atoms in total. The first-order valence-electron chi connectivity index (χ1n) is 8.54. The van der Waals surface area contributed by atoms with Gasteiger partial charge in [0, 0.05) is 18.9 Å². The molecule has 1 saturated heterocycles. The van der Waals surface area contributed by atoms with Gasteiger partial charge in [-0.1, -0.05) is 20.8 Å². The van der Waals surface area contributed by atoms with E-state index >= 15 is 0 Å². The van der Waals surface area contributed by atoms with E-state index in [4.69, 9.17) is 9.47 Å². The van der Waals surface area contributed by atoms with Crippen molar-refractivity contribution in [1.82, 2.24) is 10.4 Å². The van der Waals surface area contributed by atoms with Gasteiger partial charge >= 0.3 is 0 Å². The minimum Gasteiger partial charge on any atom is -0.394 e. The van der Waals surface area contributed by atoms with E-state index < -0.39 is 50.7 Å². The van der Waals surface area contributed by atoms with Gasteiger partial charge in [-0.15, -0.1) is 0 Å². The summed E-state index contributed by atoms with van der Waals surface area (Å²) >= 11 is 0. The summed E-state index contributed by atoms with van der Waals surface area (Å²) in [5, 5.41) is 35.1. The van der Waals surface area contributed by atoms with Crippen molar-refractivity contribution in [3.63, 3.8) is 0 Å². The van der Waals surface area contributed by atoms with Crippen LogP contribution in [-0.4, -0.2) is 84.3 Å². The second-order valence-electron chi connectivity index (χ2n) is 7.07. The second kappa shape index (κ2) is 9.92. The zero-order chi connectivity index (χ0) is 20.1. The predicted molar refractivity (Wildman–Crippen MR) is 96.6 cm³/mol. The molecule has 0 aromatic rings. The summed E-state index contributed by atoms with van der Waals surface area (Å²) in [6.07, 6.45) is -3.88. The van der Waals surface area contributed by atoms with Gasteiger partial charge in [0.05, 0.1) is 6.61 Å². The molecule has 152 valence electrons. The lowest BCUT2D eigenvalue weighted by Crippen LogP contribution is -2.65. The monoisotopic (exact) mass is 394 g/mol. The minimum atomic E-state index is -1.35. The fourth-order valence-corrected chi connectivity index (χ4v) is 4.77. The fourth-order valence-electron chi connectivity index (χ4n) is 2.78. The summed E-state index contributed by atoms with van der Waals surface area (Å²) in [6.45, 7) is 6.64. The van der Waals surface area contributed by atoms with E-state index in [1.807, 2.05) is 6.66 Å². The Morgan fingerprint density at radius 2 is 1.88 bits per heavy atom. The molecule has 0 radical (unpaired) electrons. The highest BCUT2D eigenvalue weighted by Gasteiger charge is 2.46. The highest BCUT2D eigenvalue weighted by atomic mass is 31.1. The van der Waals surface area contributed by atoms with Gasteiger partial charge in [-0.05, 0) is 20.9 Å². The quantitative estimate of drug-likeness (QED) is 0.338. The summed E-state index contributed by atoms with van der Waals surface area (Å²) in [5.41, 5.74) is -0.821. The molecule has 6 atom stereocenters. The molecule has 10 heteroatoms. The van der Waals surface area contributed by atoms with E-state index in [0.717, 1.165) is 0 Å². The maximum Gasteiger partial charge on any atom is 0.226 e. The number of hydrogen-bond donors (Lipinski definition) is 5. The second-order valence-corrected chi connectivity index (χ2v) is 9.01. The molecule has 0 aromatic carbocycles. The third-order valence-corrected chi connectivity index (χ3v) is 6.19. The molecular formula is C16H31N2O7P. The molecule has 2 amide bonds. The van der Waals surface area contributed by atoms with E-state index in [1.165, 1.54) is 7.11 Å². The van der Waals surface area contributed by atoms with Gasteiger partial charge in [0.2, 0.25) is 11.8 Å². The highest BCUT2D eigenvalue weighted by molar-refractivity contribution is 7.55. The molecule has 1 aliphatic heterocycles. The van der Waals surface area contributed by atoms with Gasteiger partial charge in [0.25, 0.3) is 0 Å².